The number of alkyl halides is 3. The lowest BCUT2D eigenvalue weighted by Gasteiger charge is -2.30. The molecule has 2 heterocycles. The summed E-state index contributed by atoms with van der Waals surface area (Å²) in [6.45, 7) is 0.807. The molecule has 1 aromatic heterocycles. The lowest BCUT2D eigenvalue weighted by atomic mass is 10.0. The Morgan fingerprint density at radius 2 is 1.83 bits per heavy atom. The summed E-state index contributed by atoms with van der Waals surface area (Å²) in [5.41, 5.74) is 2.16. The topological polar surface area (TPSA) is 61.3 Å². The number of aromatic nitrogens is 1. The Balaban J connectivity index is 1.52. The standard InChI is InChI=1S/C26H28F3N5O/c1-33-15-12-20(13-16-33)31-23-10-5-11-24-22(23)17-21(34(24)18-26(27,28)29)9-6-14-30-25(35)32-19-7-3-2-4-8-19/h2-5,7-8,10-11,17,20,31H,12-16,18H2,1H3,(H2,30,32,35). The number of amides is 2. The number of benzene rings is 2. The predicted molar refractivity (Wildman–Crippen MR) is 132 cm³/mol. The van der Waals surface area contributed by atoms with Crippen LogP contribution in [0.3, 0.4) is 0 Å². The quantitative estimate of drug-likeness (QED) is 0.453. The van der Waals surface area contributed by atoms with Crippen LogP contribution in [0.1, 0.15) is 18.5 Å². The molecule has 1 saturated heterocycles. The van der Waals surface area contributed by atoms with Crippen molar-refractivity contribution < 1.29 is 18.0 Å². The van der Waals surface area contributed by atoms with E-state index >= 15 is 0 Å². The van der Waals surface area contributed by atoms with Crippen LogP contribution in [0, 0.1) is 11.8 Å². The fourth-order valence-electron chi connectivity index (χ4n) is 4.19. The van der Waals surface area contributed by atoms with Gasteiger partial charge >= 0.3 is 12.2 Å². The van der Waals surface area contributed by atoms with Gasteiger partial charge in [0.25, 0.3) is 0 Å². The second-order valence-electron chi connectivity index (χ2n) is 8.67. The molecule has 9 heteroatoms. The number of halogens is 3. The molecule has 0 saturated carbocycles. The molecule has 0 unspecified atom stereocenters. The molecule has 35 heavy (non-hydrogen) atoms. The minimum absolute atomic E-state index is 0.00703. The summed E-state index contributed by atoms with van der Waals surface area (Å²) in [4.78, 5) is 14.3. The molecule has 0 atom stereocenters. The number of hydrogen-bond acceptors (Lipinski definition) is 3. The number of urea groups is 1. The number of likely N-dealkylation sites (tertiary alicyclic amines) is 1. The van der Waals surface area contributed by atoms with Gasteiger partial charge in [-0.25, -0.2) is 4.79 Å². The summed E-state index contributed by atoms with van der Waals surface area (Å²) in [6.07, 6.45) is -2.45. The molecule has 1 aliphatic heterocycles. The van der Waals surface area contributed by atoms with Crippen LogP contribution in [0.25, 0.3) is 10.9 Å². The Kier molecular flexibility index (Phi) is 7.51. The fraction of sp³-hybridized carbons (Fsp3) is 0.346. The predicted octanol–water partition coefficient (Wildman–Crippen LogP) is 4.88. The first-order valence-corrected chi connectivity index (χ1v) is 11.5. The van der Waals surface area contributed by atoms with E-state index in [0.717, 1.165) is 31.6 Å². The van der Waals surface area contributed by atoms with Crippen molar-refractivity contribution in [2.24, 2.45) is 0 Å². The Morgan fingerprint density at radius 1 is 1.09 bits per heavy atom. The molecule has 6 nitrogen and oxygen atoms in total. The van der Waals surface area contributed by atoms with E-state index in [-0.39, 0.29) is 18.3 Å². The molecular weight excluding hydrogens is 455 g/mol. The lowest BCUT2D eigenvalue weighted by molar-refractivity contribution is -0.140. The maximum atomic E-state index is 13.4. The normalized spacial score (nSPS) is 14.9. The van der Waals surface area contributed by atoms with Crippen molar-refractivity contribution in [3.8, 4) is 11.8 Å². The number of fused-ring (bicyclic) bond motifs is 1. The van der Waals surface area contributed by atoms with Crippen molar-refractivity contribution in [1.29, 1.82) is 0 Å². The number of anilines is 2. The van der Waals surface area contributed by atoms with Gasteiger partial charge in [0.1, 0.15) is 6.54 Å². The summed E-state index contributed by atoms with van der Waals surface area (Å²) in [5.74, 6) is 5.59. The van der Waals surface area contributed by atoms with Crippen molar-refractivity contribution in [3.63, 3.8) is 0 Å². The van der Waals surface area contributed by atoms with Crippen LogP contribution in [0.4, 0.5) is 29.3 Å². The second kappa shape index (κ2) is 10.7. The van der Waals surface area contributed by atoms with Gasteiger partial charge in [0.15, 0.2) is 0 Å². The SMILES string of the molecule is CN1CCC(Nc2cccc3c2cc(C#CCNC(=O)Nc2ccccc2)n3CC(F)(F)F)CC1. The molecule has 0 spiro atoms. The van der Waals surface area contributed by atoms with Gasteiger partial charge < -0.3 is 25.4 Å². The summed E-state index contributed by atoms with van der Waals surface area (Å²) >= 11 is 0. The highest BCUT2D eigenvalue weighted by atomic mass is 19.4. The molecule has 0 aliphatic carbocycles. The van der Waals surface area contributed by atoms with Crippen LogP contribution in [-0.2, 0) is 6.54 Å². The monoisotopic (exact) mass is 483 g/mol. The van der Waals surface area contributed by atoms with Crippen LogP contribution < -0.4 is 16.0 Å². The Labute approximate surface area is 202 Å². The van der Waals surface area contributed by atoms with E-state index in [0.29, 0.717) is 16.6 Å². The fourth-order valence-corrected chi connectivity index (χ4v) is 4.19. The number of rotatable bonds is 5. The van der Waals surface area contributed by atoms with Crippen LogP contribution in [0.15, 0.2) is 54.6 Å². The lowest BCUT2D eigenvalue weighted by Crippen LogP contribution is -2.36. The van der Waals surface area contributed by atoms with Gasteiger partial charge in [0.05, 0.1) is 17.8 Å². The smallest absolute Gasteiger partial charge is 0.382 e. The highest BCUT2D eigenvalue weighted by Crippen LogP contribution is 2.31. The Morgan fingerprint density at radius 3 is 2.54 bits per heavy atom. The second-order valence-corrected chi connectivity index (χ2v) is 8.67. The maximum absolute atomic E-state index is 13.4. The van der Waals surface area contributed by atoms with Crippen molar-refractivity contribution in [1.82, 2.24) is 14.8 Å². The van der Waals surface area contributed by atoms with E-state index in [1.54, 1.807) is 42.5 Å². The molecule has 184 valence electrons. The van der Waals surface area contributed by atoms with Crippen LogP contribution in [-0.4, -0.2) is 54.4 Å². The average molecular weight is 484 g/mol. The molecule has 2 aromatic carbocycles. The minimum atomic E-state index is -4.40. The maximum Gasteiger partial charge on any atom is 0.406 e. The number of carbonyl (C=O) groups excluding carboxylic acids is 1. The van der Waals surface area contributed by atoms with E-state index in [1.165, 1.54) is 4.57 Å². The van der Waals surface area contributed by atoms with Gasteiger partial charge in [-0.05, 0) is 69.2 Å². The Bertz CT molecular complexity index is 1220. The van der Waals surface area contributed by atoms with Crippen LogP contribution in [0.2, 0.25) is 0 Å². The molecule has 0 bridgehead atoms. The Hall–Kier alpha value is -3.64. The first-order chi connectivity index (χ1) is 16.8. The van der Waals surface area contributed by atoms with Crippen LogP contribution in [0.5, 0.6) is 0 Å². The molecule has 3 N–H and O–H groups in total. The molecule has 1 fully saturated rings. The van der Waals surface area contributed by atoms with E-state index < -0.39 is 18.8 Å². The third kappa shape index (κ3) is 6.70. The largest absolute Gasteiger partial charge is 0.406 e. The van der Waals surface area contributed by atoms with E-state index in [4.69, 9.17) is 0 Å². The van der Waals surface area contributed by atoms with Gasteiger partial charge in [-0.15, -0.1) is 0 Å². The summed E-state index contributed by atoms with van der Waals surface area (Å²) in [6, 6.07) is 15.8. The number of para-hydroxylation sites is 1. The zero-order chi connectivity index (χ0) is 24.8. The van der Waals surface area contributed by atoms with Gasteiger partial charge in [-0.3, -0.25) is 0 Å². The first kappa shape index (κ1) is 24.5. The average Bonchev–Trinajstić information content (AvgIpc) is 3.16. The van der Waals surface area contributed by atoms with Gasteiger partial charge in [-0.1, -0.05) is 30.2 Å². The molecule has 4 rings (SSSR count). The van der Waals surface area contributed by atoms with Gasteiger partial charge in [-0.2, -0.15) is 13.2 Å². The molecule has 0 radical (unpaired) electrons. The third-order valence-corrected chi connectivity index (χ3v) is 5.95. The summed E-state index contributed by atoms with van der Waals surface area (Å²) < 4.78 is 41.3. The van der Waals surface area contributed by atoms with Crippen molar-refractivity contribution in [2.45, 2.75) is 31.6 Å². The zero-order valence-corrected chi connectivity index (χ0v) is 19.5. The van der Waals surface area contributed by atoms with E-state index in [1.807, 2.05) is 12.1 Å². The number of hydrogen-bond donors (Lipinski definition) is 3. The summed E-state index contributed by atoms with van der Waals surface area (Å²) in [7, 11) is 2.08. The first-order valence-electron chi connectivity index (χ1n) is 11.5. The van der Waals surface area contributed by atoms with Gasteiger partial charge in [0, 0.05) is 22.8 Å². The van der Waals surface area contributed by atoms with Crippen molar-refractivity contribution in [3.05, 3.63) is 60.3 Å². The third-order valence-electron chi connectivity index (χ3n) is 5.95. The molecule has 1 aliphatic rings. The number of nitrogens with zero attached hydrogens (tertiary/aromatic N) is 2. The highest BCUT2D eigenvalue weighted by molar-refractivity contribution is 5.94. The molecule has 3 aromatic rings. The van der Waals surface area contributed by atoms with Gasteiger partial charge in [0.2, 0.25) is 0 Å². The minimum Gasteiger partial charge on any atom is -0.382 e. The van der Waals surface area contributed by atoms with E-state index in [9.17, 15) is 18.0 Å². The zero-order valence-electron chi connectivity index (χ0n) is 19.5. The van der Waals surface area contributed by atoms with E-state index in [2.05, 4.69) is 39.7 Å². The van der Waals surface area contributed by atoms with Crippen molar-refractivity contribution in [2.75, 3.05) is 37.3 Å². The van der Waals surface area contributed by atoms with Crippen LogP contribution >= 0.6 is 0 Å². The number of nitrogens with one attached hydrogen (secondary N) is 3. The summed E-state index contributed by atoms with van der Waals surface area (Å²) in [5, 5.41) is 9.49. The molecule has 2 amide bonds. The number of piperidine rings is 1. The highest BCUT2D eigenvalue weighted by Gasteiger charge is 2.30. The number of carbonyl (C=O) groups is 1. The molecular formula is C26H28F3N5O. The van der Waals surface area contributed by atoms with Crippen molar-refractivity contribution >= 4 is 28.3 Å².